The molecule has 90 valence electrons. The van der Waals surface area contributed by atoms with Crippen LogP contribution in [-0.2, 0) is 0 Å². The van der Waals surface area contributed by atoms with Crippen LogP contribution in [0.1, 0.15) is 44.0 Å². The molecule has 0 heterocycles. The number of aliphatic hydroxyl groups is 1. The van der Waals surface area contributed by atoms with Gasteiger partial charge in [-0.15, -0.1) is 0 Å². The molecule has 0 aromatic heterocycles. The first kappa shape index (κ1) is 13.2. The van der Waals surface area contributed by atoms with Crippen LogP contribution in [-0.4, -0.2) is 24.1 Å². The average molecular weight is 221 g/mol. The highest BCUT2D eigenvalue weighted by molar-refractivity contribution is 5.31. The van der Waals surface area contributed by atoms with Gasteiger partial charge in [0.2, 0.25) is 0 Å². The highest BCUT2D eigenvalue weighted by Crippen LogP contribution is 2.29. The molecule has 1 aromatic carbocycles. The summed E-state index contributed by atoms with van der Waals surface area (Å²) < 4.78 is 0. The molecule has 1 unspecified atom stereocenters. The second kappa shape index (κ2) is 5.46. The first-order valence-corrected chi connectivity index (χ1v) is 5.88. The standard InChI is InChI=1S/C14H23NO/c1-10(2)14(16)13-9-7-6-8-12(13)11(3)15(4)5/h6-11,14,16H,1-5H3/t11-,14?/m1/s1. The van der Waals surface area contributed by atoms with Crippen molar-refractivity contribution in [3.05, 3.63) is 35.4 Å². The van der Waals surface area contributed by atoms with E-state index in [0.717, 1.165) is 5.56 Å². The van der Waals surface area contributed by atoms with Crippen LogP contribution < -0.4 is 0 Å². The van der Waals surface area contributed by atoms with Gasteiger partial charge in [-0.05, 0) is 38.1 Å². The molecule has 0 aliphatic heterocycles. The molecule has 1 aromatic rings. The molecule has 1 N–H and O–H groups in total. The molecule has 0 saturated heterocycles. The molecule has 0 bridgehead atoms. The summed E-state index contributed by atoms with van der Waals surface area (Å²) in [5, 5.41) is 10.2. The zero-order valence-corrected chi connectivity index (χ0v) is 10.9. The van der Waals surface area contributed by atoms with E-state index in [1.54, 1.807) is 0 Å². The Morgan fingerprint density at radius 2 is 1.50 bits per heavy atom. The van der Waals surface area contributed by atoms with Gasteiger partial charge >= 0.3 is 0 Å². The van der Waals surface area contributed by atoms with E-state index in [1.165, 1.54) is 5.56 Å². The maximum atomic E-state index is 10.2. The lowest BCUT2D eigenvalue weighted by Gasteiger charge is -2.26. The van der Waals surface area contributed by atoms with Crippen LogP contribution in [0.4, 0.5) is 0 Å². The first-order valence-electron chi connectivity index (χ1n) is 5.88. The Morgan fingerprint density at radius 3 is 1.94 bits per heavy atom. The highest BCUT2D eigenvalue weighted by atomic mass is 16.3. The molecule has 0 aliphatic carbocycles. The predicted molar refractivity (Wildman–Crippen MR) is 68.3 cm³/mol. The quantitative estimate of drug-likeness (QED) is 0.845. The Hall–Kier alpha value is -0.860. The van der Waals surface area contributed by atoms with Crippen LogP contribution >= 0.6 is 0 Å². The number of benzene rings is 1. The second-order valence-corrected chi connectivity index (χ2v) is 4.96. The van der Waals surface area contributed by atoms with Gasteiger partial charge in [0.1, 0.15) is 0 Å². The van der Waals surface area contributed by atoms with Gasteiger partial charge in [0.05, 0.1) is 6.10 Å². The van der Waals surface area contributed by atoms with Crippen molar-refractivity contribution in [1.82, 2.24) is 4.90 Å². The maximum Gasteiger partial charge on any atom is 0.0816 e. The van der Waals surface area contributed by atoms with Gasteiger partial charge in [-0.3, -0.25) is 0 Å². The SMILES string of the molecule is CC(C)C(O)c1ccccc1[C@@H](C)N(C)C. The Balaban J connectivity index is 3.09. The molecule has 0 saturated carbocycles. The molecule has 16 heavy (non-hydrogen) atoms. The van der Waals surface area contributed by atoms with Crippen molar-refractivity contribution in [2.45, 2.75) is 32.9 Å². The summed E-state index contributed by atoms with van der Waals surface area (Å²) in [6.45, 7) is 6.25. The summed E-state index contributed by atoms with van der Waals surface area (Å²) in [5.74, 6) is 0.246. The van der Waals surface area contributed by atoms with Gasteiger partial charge in [-0.25, -0.2) is 0 Å². The first-order chi connectivity index (χ1) is 7.45. The summed E-state index contributed by atoms with van der Waals surface area (Å²) in [7, 11) is 4.12. The van der Waals surface area contributed by atoms with E-state index in [-0.39, 0.29) is 12.0 Å². The van der Waals surface area contributed by atoms with E-state index < -0.39 is 0 Å². The summed E-state index contributed by atoms with van der Waals surface area (Å²) in [6.07, 6.45) is -0.376. The van der Waals surface area contributed by atoms with Crippen molar-refractivity contribution in [2.75, 3.05) is 14.1 Å². The average Bonchev–Trinajstić information content (AvgIpc) is 2.26. The van der Waals surface area contributed by atoms with Gasteiger partial charge in [0, 0.05) is 6.04 Å². The molecule has 0 radical (unpaired) electrons. The molecule has 2 nitrogen and oxygen atoms in total. The largest absolute Gasteiger partial charge is 0.388 e. The van der Waals surface area contributed by atoms with E-state index in [9.17, 15) is 5.11 Å². The van der Waals surface area contributed by atoms with Gasteiger partial charge in [0.15, 0.2) is 0 Å². The zero-order chi connectivity index (χ0) is 12.3. The minimum absolute atomic E-state index is 0.246. The van der Waals surface area contributed by atoms with Crippen molar-refractivity contribution in [3.63, 3.8) is 0 Å². The third-order valence-electron chi connectivity index (χ3n) is 3.17. The number of rotatable bonds is 4. The van der Waals surface area contributed by atoms with Crippen molar-refractivity contribution in [2.24, 2.45) is 5.92 Å². The third-order valence-corrected chi connectivity index (χ3v) is 3.17. The predicted octanol–water partition coefficient (Wildman–Crippen LogP) is 3.00. The molecule has 0 fully saturated rings. The van der Waals surface area contributed by atoms with Crippen molar-refractivity contribution in [1.29, 1.82) is 0 Å². The Kier molecular flexibility index (Phi) is 4.51. The fraction of sp³-hybridized carbons (Fsp3) is 0.571. The fourth-order valence-corrected chi connectivity index (χ4v) is 1.80. The van der Waals surface area contributed by atoms with Gasteiger partial charge in [0.25, 0.3) is 0 Å². The smallest absolute Gasteiger partial charge is 0.0816 e. The number of hydrogen-bond acceptors (Lipinski definition) is 2. The normalized spacial score (nSPS) is 15.5. The summed E-state index contributed by atoms with van der Waals surface area (Å²) in [4.78, 5) is 2.16. The molecule has 0 aliphatic rings. The minimum Gasteiger partial charge on any atom is -0.388 e. The lowest BCUT2D eigenvalue weighted by atomic mass is 9.91. The zero-order valence-electron chi connectivity index (χ0n) is 10.9. The molecule has 2 heteroatoms. The van der Waals surface area contributed by atoms with Crippen LogP contribution in [0.3, 0.4) is 0 Å². The fourth-order valence-electron chi connectivity index (χ4n) is 1.80. The lowest BCUT2D eigenvalue weighted by Crippen LogP contribution is -2.20. The molecule has 0 spiro atoms. The summed E-state index contributed by atoms with van der Waals surface area (Å²) in [5.41, 5.74) is 2.27. The topological polar surface area (TPSA) is 23.5 Å². The Morgan fingerprint density at radius 1 is 1.00 bits per heavy atom. The monoisotopic (exact) mass is 221 g/mol. The van der Waals surface area contributed by atoms with Crippen molar-refractivity contribution in [3.8, 4) is 0 Å². The van der Waals surface area contributed by atoms with Gasteiger partial charge < -0.3 is 10.0 Å². The number of nitrogens with zero attached hydrogens (tertiary/aromatic N) is 1. The Labute approximate surface area is 98.9 Å². The summed E-state index contributed by atoms with van der Waals surface area (Å²) >= 11 is 0. The second-order valence-electron chi connectivity index (χ2n) is 4.96. The maximum absolute atomic E-state index is 10.2. The molecule has 1 rings (SSSR count). The molecule has 2 atom stereocenters. The number of aliphatic hydroxyl groups excluding tert-OH is 1. The van der Waals surface area contributed by atoms with E-state index in [1.807, 2.05) is 32.0 Å². The van der Waals surface area contributed by atoms with E-state index >= 15 is 0 Å². The van der Waals surface area contributed by atoms with Crippen LogP contribution in [0.2, 0.25) is 0 Å². The van der Waals surface area contributed by atoms with Gasteiger partial charge in [-0.2, -0.15) is 0 Å². The van der Waals surface area contributed by atoms with Crippen molar-refractivity contribution < 1.29 is 5.11 Å². The third kappa shape index (κ3) is 2.83. The molecular weight excluding hydrogens is 198 g/mol. The van der Waals surface area contributed by atoms with Crippen LogP contribution in [0.15, 0.2) is 24.3 Å². The molecule has 0 amide bonds. The highest BCUT2D eigenvalue weighted by Gasteiger charge is 2.19. The van der Waals surface area contributed by atoms with Crippen LogP contribution in [0.5, 0.6) is 0 Å². The van der Waals surface area contributed by atoms with Crippen molar-refractivity contribution >= 4 is 0 Å². The van der Waals surface area contributed by atoms with E-state index in [4.69, 9.17) is 0 Å². The van der Waals surface area contributed by atoms with E-state index in [2.05, 4.69) is 32.0 Å². The molecular formula is C14H23NO. The number of hydrogen-bond donors (Lipinski definition) is 1. The Bertz CT molecular complexity index is 300. The van der Waals surface area contributed by atoms with Crippen LogP contribution in [0, 0.1) is 5.92 Å². The van der Waals surface area contributed by atoms with E-state index in [0.29, 0.717) is 6.04 Å². The van der Waals surface area contributed by atoms with Crippen LogP contribution in [0.25, 0.3) is 0 Å². The van der Waals surface area contributed by atoms with Gasteiger partial charge in [-0.1, -0.05) is 38.1 Å². The minimum atomic E-state index is -0.376. The summed E-state index contributed by atoms with van der Waals surface area (Å²) in [6, 6.07) is 8.48. The lowest BCUT2D eigenvalue weighted by molar-refractivity contribution is 0.124.